The van der Waals surface area contributed by atoms with E-state index >= 15 is 0 Å². The molecular weight excluding hydrogens is 430 g/mol. The molecule has 2 rings (SSSR count). The Morgan fingerprint density at radius 1 is 1.06 bits per heavy atom. The van der Waals surface area contributed by atoms with Crippen LogP contribution in [0.1, 0.15) is 25.0 Å². The number of hydrogen-bond donors (Lipinski definition) is 1. The average Bonchev–Trinajstić information content (AvgIpc) is 2.76. The summed E-state index contributed by atoms with van der Waals surface area (Å²) in [5, 5.41) is 2.55. The summed E-state index contributed by atoms with van der Waals surface area (Å²) in [6.45, 7) is 5.66. The van der Waals surface area contributed by atoms with Crippen LogP contribution in [0.5, 0.6) is 5.75 Å². The molecule has 174 valence electrons. The second-order valence-corrected chi connectivity index (χ2v) is 9.40. The summed E-state index contributed by atoms with van der Waals surface area (Å²) in [4.78, 5) is 27.0. The van der Waals surface area contributed by atoms with Gasteiger partial charge < -0.3 is 15.0 Å². The van der Waals surface area contributed by atoms with E-state index in [0.717, 1.165) is 21.7 Å². The zero-order chi connectivity index (χ0) is 23.9. The fourth-order valence-electron chi connectivity index (χ4n) is 3.17. The summed E-state index contributed by atoms with van der Waals surface area (Å²) in [6.07, 6.45) is 1.04. The molecule has 1 atom stereocenters. The first kappa shape index (κ1) is 25.2. The monoisotopic (exact) mass is 461 g/mol. The number of nitrogens with zero attached hydrogens (tertiary/aromatic N) is 2. The van der Waals surface area contributed by atoms with Gasteiger partial charge in [-0.3, -0.25) is 13.9 Å². The number of hydrogen-bond acceptors (Lipinski definition) is 5. The van der Waals surface area contributed by atoms with Gasteiger partial charge in [-0.05, 0) is 50.6 Å². The molecule has 2 amide bonds. The van der Waals surface area contributed by atoms with Crippen LogP contribution in [0, 0.1) is 6.92 Å². The molecule has 0 saturated carbocycles. The Morgan fingerprint density at radius 2 is 1.66 bits per heavy atom. The third-order valence-electron chi connectivity index (χ3n) is 5.00. The minimum Gasteiger partial charge on any atom is -0.494 e. The van der Waals surface area contributed by atoms with Crippen molar-refractivity contribution in [3.05, 3.63) is 59.7 Å². The normalized spacial score (nSPS) is 12.0. The molecule has 0 aliphatic carbocycles. The maximum atomic E-state index is 13.3. The number of carbonyl (C=O) groups is 2. The molecule has 0 aliphatic rings. The number of aryl methyl sites for hydroxylation is 1. The highest BCUT2D eigenvalue weighted by Gasteiger charge is 2.29. The minimum atomic E-state index is -3.76. The lowest BCUT2D eigenvalue weighted by Crippen LogP contribution is -2.50. The first-order valence-electron chi connectivity index (χ1n) is 10.3. The Bertz CT molecular complexity index is 1020. The molecule has 8 nitrogen and oxygen atoms in total. The summed E-state index contributed by atoms with van der Waals surface area (Å²) in [7, 11) is -2.26. The van der Waals surface area contributed by atoms with Gasteiger partial charge in [0.25, 0.3) is 0 Å². The number of likely N-dealkylation sites (N-methyl/N-ethyl adjacent to an activating group) is 1. The Kier molecular flexibility index (Phi) is 8.65. The molecule has 2 aromatic carbocycles. The smallest absolute Gasteiger partial charge is 0.244 e. The van der Waals surface area contributed by atoms with Crippen molar-refractivity contribution in [3.8, 4) is 5.75 Å². The number of amides is 2. The average molecular weight is 462 g/mol. The Hall–Kier alpha value is -3.07. The van der Waals surface area contributed by atoms with E-state index in [1.165, 1.54) is 11.9 Å². The van der Waals surface area contributed by atoms with E-state index in [9.17, 15) is 18.0 Å². The maximum Gasteiger partial charge on any atom is 0.244 e. The van der Waals surface area contributed by atoms with Crippen molar-refractivity contribution in [2.75, 3.05) is 30.8 Å². The van der Waals surface area contributed by atoms with Crippen LogP contribution < -0.4 is 14.4 Å². The predicted octanol–water partition coefficient (Wildman–Crippen LogP) is 2.32. The second kappa shape index (κ2) is 11.0. The highest BCUT2D eigenvalue weighted by atomic mass is 32.2. The fourth-order valence-corrected chi connectivity index (χ4v) is 4.02. The van der Waals surface area contributed by atoms with Gasteiger partial charge in [-0.2, -0.15) is 0 Å². The summed E-state index contributed by atoms with van der Waals surface area (Å²) in [5.74, 6) is -0.219. The fraction of sp³-hybridized carbons (Fsp3) is 0.391. The third kappa shape index (κ3) is 6.71. The molecule has 9 heteroatoms. The molecule has 0 aliphatic heterocycles. The summed E-state index contributed by atoms with van der Waals surface area (Å²) in [6, 6.07) is 13.3. The molecule has 2 aromatic rings. The van der Waals surface area contributed by atoms with E-state index in [1.54, 1.807) is 31.2 Å². The minimum absolute atomic E-state index is 0.175. The van der Waals surface area contributed by atoms with E-state index in [-0.39, 0.29) is 12.5 Å². The zero-order valence-corrected chi connectivity index (χ0v) is 20.0. The van der Waals surface area contributed by atoms with E-state index in [0.29, 0.717) is 18.0 Å². The van der Waals surface area contributed by atoms with Gasteiger partial charge in [0, 0.05) is 13.6 Å². The molecule has 0 bridgehead atoms. The number of benzene rings is 2. The van der Waals surface area contributed by atoms with Crippen LogP contribution in [0.2, 0.25) is 0 Å². The van der Waals surface area contributed by atoms with Crippen LogP contribution in [-0.4, -0.2) is 57.6 Å². The molecule has 0 saturated heterocycles. The molecule has 32 heavy (non-hydrogen) atoms. The maximum absolute atomic E-state index is 13.3. The molecule has 0 radical (unpaired) electrons. The van der Waals surface area contributed by atoms with Crippen molar-refractivity contribution >= 4 is 27.5 Å². The molecule has 1 N–H and O–H groups in total. The van der Waals surface area contributed by atoms with Gasteiger partial charge in [0.1, 0.15) is 18.3 Å². The van der Waals surface area contributed by atoms with Gasteiger partial charge in [-0.25, -0.2) is 8.42 Å². The number of carbonyl (C=O) groups excluding carboxylic acids is 2. The summed E-state index contributed by atoms with van der Waals surface area (Å²) < 4.78 is 31.4. The highest BCUT2D eigenvalue weighted by molar-refractivity contribution is 7.92. The zero-order valence-electron chi connectivity index (χ0n) is 19.2. The lowest BCUT2D eigenvalue weighted by molar-refractivity contribution is -0.139. The first-order chi connectivity index (χ1) is 15.1. The Morgan fingerprint density at radius 3 is 2.16 bits per heavy atom. The van der Waals surface area contributed by atoms with Crippen LogP contribution in [0.4, 0.5) is 5.69 Å². The molecular formula is C23H31N3O5S. The number of sulfonamides is 1. The van der Waals surface area contributed by atoms with Crippen LogP contribution in [0.3, 0.4) is 0 Å². The number of rotatable bonds is 10. The topological polar surface area (TPSA) is 96.0 Å². The van der Waals surface area contributed by atoms with Crippen molar-refractivity contribution in [1.82, 2.24) is 10.2 Å². The first-order valence-corrected chi connectivity index (χ1v) is 12.2. The van der Waals surface area contributed by atoms with Gasteiger partial charge in [-0.15, -0.1) is 0 Å². The lowest BCUT2D eigenvalue weighted by atomic mass is 10.1. The number of ether oxygens (including phenoxy) is 1. The van der Waals surface area contributed by atoms with Crippen LogP contribution in [0.25, 0.3) is 0 Å². The van der Waals surface area contributed by atoms with Gasteiger partial charge >= 0.3 is 0 Å². The summed E-state index contributed by atoms with van der Waals surface area (Å²) >= 11 is 0. The van der Waals surface area contributed by atoms with Crippen LogP contribution in [0.15, 0.2) is 48.5 Å². The van der Waals surface area contributed by atoms with E-state index in [4.69, 9.17) is 4.74 Å². The molecule has 0 unspecified atom stereocenters. The van der Waals surface area contributed by atoms with Gasteiger partial charge in [0.15, 0.2) is 0 Å². The Labute approximate surface area is 190 Å². The highest BCUT2D eigenvalue weighted by Crippen LogP contribution is 2.22. The molecule has 0 heterocycles. The lowest BCUT2D eigenvalue weighted by Gasteiger charge is -2.31. The van der Waals surface area contributed by atoms with Gasteiger partial charge in [0.05, 0.1) is 18.6 Å². The summed E-state index contributed by atoms with van der Waals surface area (Å²) in [5.41, 5.74) is 2.25. The van der Waals surface area contributed by atoms with Crippen molar-refractivity contribution in [2.24, 2.45) is 0 Å². The van der Waals surface area contributed by atoms with Crippen molar-refractivity contribution in [2.45, 2.75) is 33.4 Å². The van der Waals surface area contributed by atoms with Gasteiger partial charge in [0.2, 0.25) is 21.8 Å². The number of nitrogens with one attached hydrogen (secondary N) is 1. The SMILES string of the molecule is CCOc1ccc(N(CC(=O)N(Cc2ccc(C)cc2)[C@@H](C)C(=O)NC)S(C)(=O)=O)cc1. The number of anilines is 1. The molecule has 0 aromatic heterocycles. The van der Waals surface area contributed by atoms with Crippen LogP contribution >= 0.6 is 0 Å². The molecule has 0 fully saturated rings. The third-order valence-corrected chi connectivity index (χ3v) is 6.14. The van der Waals surface area contributed by atoms with E-state index < -0.39 is 28.5 Å². The Balaban J connectivity index is 2.34. The second-order valence-electron chi connectivity index (χ2n) is 7.49. The van der Waals surface area contributed by atoms with Crippen molar-refractivity contribution in [1.29, 1.82) is 0 Å². The van der Waals surface area contributed by atoms with E-state index in [2.05, 4.69) is 5.32 Å². The largest absolute Gasteiger partial charge is 0.494 e. The van der Waals surface area contributed by atoms with Crippen molar-refractivity contribution < 1.29 is 22.7 Å². The van der Waals surface area contributed by atoms with Crippen molar-refractivity contribution in [3.63, 3.8) is 0 Å². The van der Waals surface area contributed by atoms with Crippen LogP contribution in [-0.2, 0) is 26.2 Å². The van der Waals surface area contributed by atoms with E-state index in [1.807, 2.05) is 38.1 Å². The molecule has 0 spiro atoms. The quantitative estimate of drug-likeness (QED) is 0.586. The standard InChI is InChI=1S/C23H31N3O5S/c1-6-31-21-13-11-20(12-14-21)26(32(5,29)30)16-22(27)25(18(3)23(28)24-4)15-19-9-7-17(2)8-10-19/h7-14,18H,6,15-16H2,1-5H3,(H,24,28)/t18-/m0/s1. The van der Waals surface area contributed by atoms with Gasteiger partial charge in [-0.1, -0.05) is 29.8 Å². The predicted molar refractivity (Wildman–Crippen MR) is 125 cm³/mol.